The molecule has 1 heterocycles. The summed E-state index contributed by atoms with van der Waals surface area (Å²) in [5.41, 5.74) is 1.64. The lowest BCUT2D eigenvalue weighted by Crippen LogP contribution is -2.15. The first-order valence-corrected chi connectivity index (χ1v) is 9.36. The molecule has 0 atom stereocenters. The van der Waals surface area contributed by atoms with Gasteiger partial charge in [0, 0.05) is 17.3 Å². The Labute approximate surface area is 145 Å². The molecule has 2 aromatic carbocycles. The number of nitrogens with one attached hydrogen (secondary N) is 1. The fourth-order valence-corrected chi connectivity index (χ4v) is 3.62. The topological polar surface area (TPSA) is 64.0 Å². The van der Waals surface area contributed by atoms with E-state index in [1.165, 1.54) is 0 Å². The molecule has 0 fully saturated rings. The van der Waals surface area contributed by atoms with Crippen LogP contribution in [-0.4, -0.2) is 18.2 Å². The Morgan fingerprint density at radius 1 is 1.00 bits per heavy atom. The van der Waals surface area contributed by atoms with Crippen LogP contribution in [0.2, 0.25) is 5.02 Å². The van der Waals surface area contributed by atoms with Crippen LogP contribution in [0.3, 0.4) is 0 Å². The van der Waals surface area contributed by atoms with Crippen molar-refractivity contribution in [1.82, 2.24) is 9.78 Å². The smallest absolute Gasteiger partial charge is 0.238 e. The van der Waals surface area contributed by atoms with Crippen molar-refractivity contribution < 1.29 is 8.42 Å². The number of sulfonamides is 1. The van der Waals surface area contributed by atoms with Gasteiger partial charge in [0.1, 0.15) is 0 Å². The highest BCUT2D eigenvalue weighted by atomic mass is 35.5. The Bertz CT molecular complexity index is 924. The highest BCUT2D eigenvalue weighted by Gasteiger charge is 2.13. The summed E-state index contributed by atoms with van der Waals surface area (Å²) in [6.45, 7) is 0.472. The van der Waals surface area contributed by atoms with E-state index in [2.05, 4.69) is 9.82 Å². The molecule has 3 aromatic rings. The van der Waals surface area contributed by atoms with Gasteiger partial charge in [-0.1, -0.05) is 60.1 Å². The normalized spacial score (nSPS) is 11.4. The van der Waals surface area contributed by atoms with E-state index in [1.807, 2.05) is 42.5 Å². The molecule has 0 spiro atoms. The summed E-state index contributed by atoms with van der Waals surface area (Å²) in [6.07, 6.45) is 1.71. The quantitative estimate of drug-likeness (QED) is 0.730. The van der Waals surface area contributed by atoms with Crippen molar-refractivity contribution in [2.45, 2.75) is 12.3 Å². The number of rotatable bonds is 6. The molecule has 0 amide bonds. The van der Waals surface area contributed by atoms with E-state index in [9.17, 15) is 8.42 Å². The van der Waals surface area contributed by atoms with Crippen LogP contribution in [0.25, 0.3) is 0 Å². The number of anilines is 1. The lowest BCUT2D eigenvalue weighted by atomic mass is 10.2. The SMILES string of the molecule is O=S(=O)(Cc1ccccc1)Nc1ccn(Cc2ccccc2Cl)n1. The number of nitrogens with zero attached hydrogens (tertiary/aromatic N) is 2. The lowest BCUT2D eigenvalue weighted by Gasteiger charge is -2.06. The summed E-state index contributed by atoms with van der Waals surface area (Å²) >= 11 is 6.13. The Morgan fingerprint density at radius 2 is 1.71 bits per heavy atom. The maximum Gasteiger partial charge on any atom is 0.238 e. The first-order valence-electron chi connectivity index (χ1n) is 7.33. The summed E-state index contributed by atoms with van der Waals surface area (Å²) in [5, 5.41) is 4.89. The van der Waals surface area contributed by atoms with Crippen LogP contribution in [-0.2, 0) is 22.3 Å². The van der Waals surface area contributed by atoms with Crippen LogP contribution in [0, 0.1) is 0 Å². The molecule has 7 heteroatoms. The van der Waals surface area contributed by atoms with Gasteiger partial charge in [-0.15, -0.1) is 0 Å². The standard InChI is InChI=1S/C17H16ClN3O2S/c18-16-9-5-4-8-15(16)12-21-11-10-17(19-21)20-24(22,23)13-14-6-2-1-3-7-14/h1-11H,12-13H2,(H,19,20). The molecule has 3 rings (SSSR count). The maximum absolute atomic E-state index is 12.2. The van der Waals surface area contributed by atoms with Gasteiger partial charge in [-0.05, 0) is 17.2 Å². The number of halogens is 1. The van der Waals surface area contributed by atoms with Crippen molar-refractivity contribution in [2.75, 3.05) is 4.72 Å². The Kier molecular flexibility index (Phi) is 4.87. The van der Waals surface area contributed by atoms with E-state index >= 15 is 0 Å². The van der Waals surface area contributed by atoms with E-state index in [0.717, 1.165) is 11.1 Å². The predicted molar refractivity (Wildman–Crippen MR) is 95.5 cm³/mol. The Morgan fingerprint density at radius 3 is 2.46 bits per heavy atom. The zero-order chi connectivity index (χ0) is 17.0. The van der Waals surface area contributed by atoms with Gasteiger partial charge in [0.2, 0.25) is 10.0 Å². The molecular weight excluding hydrogens is 346 g/mol. The van der Waals surface area contributed by atoms with E-state index in [-0.39, 0.29) is 11.6 Å². The monoisotopic (exact) mass is 361 g/mol. The molecule has 1 aromatic heterocycles. The second-order valence-electron chi connectivity index (χ2n) is 5.34. The second-order valence-corrected chi connectivity index (χ2v) is 7.47. The highest BCUT2D eigenvalue weighted by Crippen LogP contribution is 2.17. The predicted octanol–water partition coefficient (Wildman–Crippen LogP) is 3.53. The largest absolute Gasteiger partial charge is 0.266 e. The summed E-state index contributed by atoms with van der Waals surface area (Å²) in [4.78, 5) is 0. The highest BCUT2D eigenvalue weighted by molar-refractivity contribution is 7.91. The molecule has 1 N–H and O–H groups in total. The van der Waals surface area contributed by atoms with Gasteiger partial charge in [-0.2, -0.15) is 5.10 Å². The number of hydrogen-bond acceptors (Lipinski definition) is 3. The Hall–Kier alpha value is -2.31. The summed E-state index contributed by atoms with van der Waals surface area (Å²) in [5.74, 6) is 0.198. The fraction of sp³-hybridized carbons (Fsp3) is 0.118. The third-order valence-corrected chi connectivity index (χ3v) is 4.99. The minimum atomic E-state index is -3.51. The van der Waals surface area contributed by atoms with Crippen molar-refractivity contribution >= 4 is 27.4 Å². The van der Waals surface area contributed by atoms with Crippen LogP contribution in [0.1, 0.15) is 11.1 Å². The number of hydrogen-bond donors (Lipinski definition) is 1. The fourth-order valence-electron chi connectivity index (χ4n) is 2.29. The minimum absolute atomic E-state index is 0.0921. The number of aromatic nitrogens is 2. The molecule has 0 bridgehead atoms. The first kappa shape index (κ1) is 16.5. The van der Waals surface area contributed by atoms with E-state index in [1.54, 1.807) is 29.1 Å². The van der Waals surface area contributed by atoms with Gasteiger partial charge in [-0.3, -0.25) is 9.40 Å². The van der Waals surface area contributed by atoms with Crippen molar-refractivity contribution in [3.05, 3.63) is 83.0 Å². The van der Waals surface area contributed by atoms with Crippen LogP contribution < -0.4 is 4.72 Å². The third-order valence-electron chi connectivity index (χ3n) is 3.39. The van der Waals surface area contributed by atoms with Crippen molar-refractivity contribution in [2.24, 2.45) is 0 Å². The van der Waals surface area contributed by atoms with Gasteiger partial charge in [0.05, 0.1) is 12.3 Å². The minimum Gasteiger partial charge on any atom is -0.266 e. The lowest BCUT2D eigenvalue weighted by molar-refractivity contribution is 0.600. The zero-order valence-corrected chi connectivity index (χ0v) is 14.3. The van der Waals surface area contributed by atoms with Crippen molar-refractivity contribution in [1.29, 1.82) is 0 Å². The maximum atomic E-state index is 12.2. The van der Waals surface area contributed by atoms with E-state index in [0.29, 0.717) is 11.6 Å². The third kappa shape index (κ3) is 4.37. The average Bonchev–Trinajstić information content (AvgIpc) is 2.96. The summed E-state index contributed by atoms with van der Waals surface area (Å²) in [7, 11) is -3.51. The molecule has 0 saturated carbocycles. The molecule has 0 unspecified atom stereocenters. The van der Waals surface area contributed by atoms with Crippen molar-refractivity contribution in [3.63, 3.8) is 0 Å². The molecule has 0 radical (unpaired) electrons. The molecule has 0 saturated heterocycles. The van der Waals surface area contributed by atoms with Crippen LogP contribution in [0.4, 0.5) is 5.82 Å². The van der Waals surface area contributed by atoms with Gasteiger partial charge in [0.15, 0.2) is 5.82 Å². The molecule has 24 heavy (non-hydrogen) atoms. The number of benzene rings is 2. The van der Waals surface area contributed by atoms with Gasteiger partial charge in [0.25, 0.3) is 0 Å². The summed E-state index contributed by atoms with van der Waals surface area (Å²) in [6, 6.07) is 18.1. The molecule has 124 valence electrons. The van der Waals surface area contributed by atoms with Crippen molar-refractivity contribution in [3.8, 4) is 0 Å². The Balaban J connectivity index is 1.68. The molecule has 5 nitrogen and oxygen atoms in total. The van der Waals surface area contributed by atoms with Gasteiger partial charge >= 0.3 is 0 Å². The zero-order valence-electron chi connectivity index (χ0n) is 12.8. The van der Waals surface area contributed by atoms with E-state index < -0.39 is 10.0 Å². The summed E-state index contributed by atoms with van der Waals surface area (Å²) < 4.78 is 28.6. The second kappa shape index (κ2) is 7.07. The molecule has 0 aliphatic carbocycles. The van der Waals surface area contributed by atoms with Crippen LogP contribution in [0.15, 0.2) is 66.9 Å². The van der Waals surface area contributed by atoms with Gasteiger partial charge in [-0.25, -0.2) is 8.42 Å². The van der Waals surface area contributed by atoms with Crippen LogP contribution in [0.5, 0.6) is 0 Å². The molecule has 0 aliphatic rings. The van der Waals surface area contributed by atoms with Crippen LogP contribution >= 0.6 is 11.6 Å². The average molecular weight is 362 g/mol. The van der Waals surface area contributed by atoms with E-state index in [4.69, 9.17) is 11.6 Å². The van der Waals surface area contributed by atoms with Gasteiger partial charge < -0.3 is 0 Å². The first-order chi connectivity index (χ1) is 11.5. The molecule has 0 aliphatic heterocycles. The molecular formula is C17H16ClN3O2S.